The Kier molecular flexibility index (Phi) is 2.88. The first kappa shape index (κ1) is 8.53. The van der Waals surface area contributed by atoms with Gasteiger partial charge in [0.1, 0.15) is 6.04 Å². The van der Waals surface area contributed by atoms with E-state index in [-0.39, 0.29) is 12.0 Å². The lowest BCUT2D eigenvalue weighted by Gasteiger charge is -2.38. The summed E-state index contributed by atoms with van der Waals surface area (Å²) >= 11 is 0. The molecule has 0 N–H and O–H groups in total. The summed E-state index contributed by atoms with van der Waals surface area (Å²) in [6, 6.07) is 0.0555. The van der Waals surface area contributed by atoms with Crippen molar-refractivity contribution in [1.29, 1.82) is 0 Å². The maximum atomic E-state index is 11.0. The molecule has 0 aromatic rings. The first-order valence-corrected chi connectivity index (χ1v) is 4.11. The van der Waals surface area contributed by atoms with Crippen LogP contribution < -0.4 is 0 Å². The standard InChI is InChI=1S/C8H15NO2/c1-3-5-9-6-4-7(9)8(10)11-2/h7H,3-6H2,1-2H3. The molecular formula is C8H15NO2. The third kappa shape index (κ3) is 1.71. The van der Waals surface area contributed by atoms with Crippen LogP contribution in [0.5, 0.6) is 0 Å². The van der Waals surface area contributed by atoms with Crippen LogP contribution in [-0.2, 0) is 9.53 Å². The maximum Gasteiger partial charge on any atom is 0.323 e. The van der Waals surface area contributed by atoms with E-state index in [1.807, 2.05) is 0 Å². The number of hydrogen-bond donors (Lipinski definition) is 0. The number of hydrogen-bond acceptors (Lipinski definition) is 3. The molecular weight excluding hydrogens is 142 g/mol. The highest BCUT2D eigenvalue weighted by Gasteiger charge is 2.33. The highest BCUT2D eigenvalue weighted by Crippen LogP contribution is 2.18. The van der Waals surface area contributed by atoms with Crippen LogP contribution in [-0.4, -0.2) is 37.1 Å². The highest BCUT2D eigenvalue weighted by atomic mass is 16.5. The van der Waals surface area contributed by atoms with E-state index in [1.165, 1.54) is 7.11 Å². The summed E-state index contributed by atoms with van der Waals surface area (Å²) in [4.78, 5) is 13.2. The number of nitrogens with zero attached hydrogens (tertiary/aromatic N) is 1. The van der Waals surface area contributed by atoms with Gasteiger partial charge in [-0.25, -0.2) is 0 Å². The van der Waals surface area contributed by atoms with Gasteiger partial charge in [-0.05, 0) is 19.4 Å². The fourth-order valence-corrected chi connectivity index (χ4v) is 1.40. The first-order valence-electron chi connectivity index (χ1n) is 4.11. The fourth-order valence-electron chi connectivity index (χ4n) is 1.40. The van der Waals surface area contributed by atoms with Crippen LogP contribution in [0.25, 0.3) is 0 Å². The van der Waals surface area contributed by atoms with Crippen molar-refractivity contribution < 1.29 is 9.53 Å². The number of ether oxygens (including phenoxy) is 1. The molecule has 0 spiro atoms. The van der Waals surface area contributed by atoms with Gasteiger partial charge < -0.3 is 4.74 Å². The minimum absolute atomic E-state index is 0.0555. The number of rotatable bonds is 3. The molecule has 0 saturated carbocycles. The molecule has 0 aliphatic carbocycles. The highest BCUT2D eigenvalue weighted by molar-refractivity contribution is 5.76. The lowest BCUT2D eigenvalue weighted by Crippen LogP contribution is -2.52. The quantitative estimate of drug-likeness (QED) is 0.563. The van der Waals surface area contributed by atoms with Crippen LogP contribution in [0.3, 0.4) is 0 Å². The SMILES string of the molecule is CCCN1CCC1C(=O)OC. The summed E-state index contributed by atoms with van der Waals surface area (Å²) in [6.45, 7) is 4.18. The van der Waals surface area contributed by atoms with Crippen LogP contribution in [0.1, 0.15) is 19.8 Å². The predicted molar refractivity (Wildman–Crippen MR) is 42.3 cm³/mol. The number of carbonyl (C=O) groups is 1. The van der Waals surface area contributed by atoms with Crippen LogP contribution in [0.2, 0.25) is 0 Å². The minimum atomic E-state index is -0.0790. The molecule has 0 aromatic carbocycles. The summed E-state index contributed by atoms with van der Waals surface area (Å²) in [7, 11) is 1.45. The summed E-state index contributed by atoms with van der Waals surface area (Å²) in [5, 5.41) is 0. The molecule has 0 aromatic heterocycles. The van der Waals surface area contributed by atoms with E-state index in [0.717, 1.165) is 25.9 Å². The second-order valence-corrected chi connectivity index (χ2v) is 2.86. The van der Waals surface area contributed by atoms with Gasteiger partial charge in [0.2, 0.25) is 0 Å². The Bertz CT molecular complexity index is 147. The molecule has 1 aliphatic rings. The Hall–Kier alpha value is -0.570. The van der Waals surface area contributed by atoms with Crippen LogP contribution in [0, 0.1) is 0 Å². The molecule has 1 unspecified atom stereocenters. The van der Waals surface area contributed by atoms with Crippen LogP contribution in [0.15, 0.2) is 0 Å². The Labute approximate surface area is 67.3 Å². The molecule has 1 saturated heterocycles. The zero-order valence-electron chi connectivity index (χ0n) is 7.17. The van der Waals surface area contributed by atoms with Gasteiger partial charge in [0.25, 0.3) is 0 Å². The largest absolute Gasteiger partial charge is 0.468 e. The molecule has 11 heavy (non-hydrogen) atoms. The van der Waals surface area contributed by atoms with Crippen molar-refractivity contribution >= 4 is 5.97 Å². The third-order valence-electron chi connectivity index (χ3n) is 2.11. The zero-order chi connectivity index (χ0) is 8.27. The second-order valence-electron chi connectivity index (χ2n) is 2.86. The van der Waals surface area contributed by atoms with E-state index in [9.17, 15) is 4.79 Å². The van der Waals surface area contributed by atoms with Gasteiger partial charge in [-0.3, -0.25) is 9.69 Å². The summed E-state index contributed by atoms with van der Waals surface area (Å²) in [6.07, 6.45) is 2.07. The van der Waals surface area contributed by atoms with E-state index >= 15 is 0 Å². The van der Waals surface area contributed by atoms with E-state index in [4.69, 9.17) is 0 Å². The predicted octanol–water partition coefficient (Wildman–Crippen LogP) is 0.644. The van der Waals surface area contributed by atoms with E-state index in [0.29, 0.717) is 0 Å². The molecule has 0 radical (unpaired) electrons. The van der Waals surface area contributed by atoms with Crippen molar-refractivity contribution in [3.8, 4) is 0 Å². The molecule has 3 heteroatoms. The molecule has 1 rings (SSSR count). The van der Waals surface area contributed by atoms with Crippen molar-refractivity contribution in [2.45, 2.75) is 25.8 Å². The van der Waals surface area contributed by atoms with E-state index in [1.54, 1.807) is 0 Å². The zero-order valence-corrected chi connectivity index (χ0v) is 7.17. The lowest BCUT2D eigenvalue weighted by atomic mass is 10.0. The van der Waals surface area contributed by atoms with E-state index in [2.05, 4.69) is 16.6 Å². The van der Waals surface area contributed by atoms with Gasteiger partial charge >= 0.3 is 5.97 Å². The van der Waals surface area contributed by atoms with Crippen molar-refractivity contribution in [3.63, 3.8) is 0 Å². The third-order valence-corrected chi connectivity index (χ3v) is 2.11. The summed E-state index contributed by atoms with van der Waals surface area (Å²) < 4.78 is 4.65. The van der Waals surface area contributed by atoms with Gasteiger partial charge in [-0.2, -0.15) is 0 Å². The summed E-state index contributed by atoms with van der Waals surface area (Å²) in [5.41, 5.74) is 0. The molecule has 3 nitrogen and oxygen atoms in total. The number of likely N-dealkylation sites (tertiary alicyclic amines) is 1. The fraction of sp³-hybridized carbons (Fsp3) is 0.875. The van der Waals surface area contributed by atoms with Crippen molar-refractivity contribution in [3.05, 3.63) is 0 Å². The topological polar surface area (TPSA) is 29.5 Å². The number of esters is 1. The van der Waals surface area contributed by atoms with Gasteiger partial charge in [-0.15, -0.1) is 0 Å². The Morgan fingerprint density at radius 1 is 1.73 bits per heavy atom. The molecule has 0 bridgehead atoms. The average molecular weight is 157 g/mol. The lowest BCUT2D eigenvalue weighted by molar-refractivity contribution is -0.151. The van der Waals surface area contributed by atoms with Gasteiger partial charge in [0, 0.05) is 6.54 Å². The van der Waals surface area contributed by atoms with Crippen LogP contribution in [0.4, 0.5) is 0 Å². The number of carbonyl (C=O) groups excluding carboxylic acids is 1. The molecule has 0 amide bonds. The molecule has 64 valence electrons. The Balaban J connectivity index is 2.30. The van der Waals surface area contributed by atoms with Gasteiger partial charge in [0.05, 0.1) is 7.11 Å². The van der Waals surface area contributed by atoms with E-state index < -0.39 is 0 Å². The molecule has 1 fully saturated rings. The van der Waals surface area contributed by atoms with Crippen molar-refractivity contribution in [1.82, 2.24) is 4.90 Å². The Morgan fingerprint density at radius 2 is 2.45 bits per heavy atom. The first-order chi connectivity index (χ1) is 5.29. The normalized spacial score (nSPS) is 24.4. The second kappa shape index (κ2) is 3.72. The smallest absolute Gasteiger partial charge is 0.323 e. The molecule has 1 heterocycles. The minimum Gasteiger partial charge on any atom is -0.468 e. The molecule has 1 atom stereocenters. The maximum absolute atomic E-state index is 11.0. The van der Waals surface area contributed by atoms with Crippen LogP contribution >= 0.6 is 0 Å². The average Bonchev–Trinajstić information content (AvgIpc) is 1.98. The van der Waals surface area contributed by atoms with Gasteiger partial charge in [0.15, 0.2) is 0 Å². The summed E-state index contributed by atoms with van der Waals surface area (Å²) in [5.74, 6) is -0.0790. The molecule has 1 aliphatic heterocycles. The van der Waals surface area contributed by atoms with Crippen molar-refractivity contribution in [2.24, 2.45) is 0 Å². The van der Waals surface area contributed by atoms with Crippen molar-refractivity contribution in [2.75, 3.05) is 20.2 Å². The monoisotopic (exact) mass is 157 g/mol. The Morgan fingerprint density at radius 3 is 2.82 bits per heavy atom. The van der Waals surface area contributed by atoms with Gasteiger partial charge in [-0.1, -0.05) is 6.92 Å². The number of methoxy groups -OCH3 is 1.